The summed E-state index contributed by atoms with van der Waals surface area (Å²) in [6.07, 6.45) is 3.26. The van der Waals surface area contributed by atoms with E-state index >= 15 is 0 Å². The summed E-state index contributed by atoms with van der Waals surface area (Å²) in [5, 5.41) is 1.16. The number of amides is 1. The third-order valence-corrected chi connectivity index (χ3v) is 5.95. The molecule has 2 aliphatic rings. The molecule has 0 bridgehead atoms. The lowest BCUT2D eigenvalue weighted by Gasteiger charge is -2.32. The third-order valence-electron chi connectivity index (χ3n) is 3.88. The first-order chi connectivity index (χ1) is 9.18. The van der Waals surface area contributed by atoms with Crippen molar-refractivity contribution in [3.8, 4) is 0 Å². The summed E-state index contributed by atoms with van der Waals surface area (Å²) in [6.45, 7) is 0.813. The van der Waals surface area contributed by atoms with Crippen LogP contribution in [0.3, 0.4) is 0 Å². The highest BCUT2D eigenvalue weighted by Gasteiger charge is 2.37. The number of rotatable bonds is 2. The van der Waals surface area contributed by atoms with Gasteiger partial charge in [-0.05, 0) is 18.9 Å². The summed E-state index contributed by atoms with van der Waals surface area (Å²) in [5.74, 6) is 1.49. The monoisotopic (exact) mass is 315 g/mol. The minimum absolute atomic E-state index is 0.0271. The first kappa shape index (κ1) is 13.6. The van der Waals surface area contributed by atoms with Crippen molar-refractivity contribution in [1.82, 2.24) is 4.90 Å². The largest absolute Gasteiger partial charge is 0.325 e. The molecule has 2 fully saturated rings. The van der Waals surface area contributed by atoms with E-state index in [0.29, 0.717) is 10.0 Å². The Morgan fingerprint density at radius 1 is 1.32 bits per heavy atom. The molecule has 1 saturated heterocycles. The van der Waals surface area contributed by atoms with Crippen LogP contribution >= 0.6 is 35.0 Å². The molecule has 0 radical (unpaired) electrons. The van der Waals surface area contributed by atoms with Crippen molar-refractivity contribution in [3.05, 3.63) is 33.8 Å². The molecule has 19 heavy (non-hydrogen) atoms. The van der Waals surface area contributed by atoms with E-state index in [-0.39, 0.29) is 17.2 Å². The number of benzene rings is 1. The Hall–Kier alpha value is -0.380. The molecule has 1 heterocycles. The van der Waals surface area contributed by atoms with Gasteiger partial charge in [0.25, 0.3) is 0 Å². The minimum atomic E-state index is 0.0271. The van der Waals surface area contributed by atoms with Crippen molar-refractivity contribution in [2.45, 2.75) is 24.6 Å². The number of hydrogen-bond acceptors (Lipinski definition) is 2. The zero-order valence-corrected chi connectivity index (χ0v) is 12.8. The Labute approximate surface area is 127 Å². The van der Waals surface area contributed by atoms with E-state index in [1.54, 1.807) is 17.8 Å². The normalized spacial score (nSPS) is 23.5. The molecule has 1 aliphatic heterocycles. The van der Waals surface area contributed by atoms with Crippen molar-refractivity contribution in [2.24, 2.45) is 5.92 Å². The van der Waals surface area contributed by atoms with Crippen LogP contribution in [0, 0.1) is 5.92 Å². The fourth-order valence-electron chi connectivity index (χ4n) is 2.55. The van der Waals surface area contributed by atoms with Crippen LogP contribution < -0.4 is 0 Å². The molecule has 1 atom stereocenters. The maximum Gasteiger partial charge on any atom is 0.226 e. The zero-order valence-electron chi connectivity index (χ0n) is 10.4. The smallest absolute Gasteiger partial charge is 0.226 e. The Kier molecular flexibility index (Phi) is 3.97. The van der Waals surface area contributed by atoms with Gasteiger partial charge in [0.15, 0.2) is 0 Å². The molecule has 1 aliphatic carbocycles. The summed E-state index contributed by atoms with van der Waals surface area (Å²) >= 11 is 14.1. The summed E-state index contributed by atoms with van der Waals surface area (Å²) < 4.78 is 0. The zero-order chi connectivity index (χ0) is 13.4. The molecule has 1 aromatic rings. The van der Waals surface area contributed by atoms with Gasteiger partial charge in [0.2, 0.25) is 5.91 Å². The number of halogens is 2. The van der Waals surface area contributed by atoms with Crippen LogP contribution in [0.15, 0.2) is 18.2 Å². The second-order valence-corrected chi connectivity index (χ2v) is 7.00. The average Bonchev–Trinajstić information content (AvgIpc) is 2.79. The summed E-state index contributed by atoms with van der Waals surface area (Å²) in [5.41, 5.74) is 0.962. The molecule has 1 amide bonds. The van der Waals surface area contributed by atoms with Gasteiger partial charge in [-0.2, -0.15) is 0 Å². The van der Waals surface area contributed by atoms with Gasteiger partial charge in [-0.15, -0.1) is 11.8 Å². The maximum atomic E-state index is 12.4. The molecule has 0 spiro atoms. The number of nitrogens with zero attached hydrogens (tertiary/aromatic N) is 1. The van der Waals surface area contributed by atoms with Crippen LogP contribution in [0.1, 0.15) is 30.2 Å². The van der Waals surface area contributed by atoms with E-state index in [2.05, 4.69) is 0 Å². The second kappa shape index (κ2) is 5.55. The highest BCUT2D eigenvalue weighted by Crippen LogP contribution is 2.44. The van der Waals surface area contributed by atoms with E-state index in [1.807, 2.05) is 17.0 Å². The standard InChI is InChI=1S/C14H15Cl2NOS/c15-11-6-2-5-10(12(11)16)14-17(7-8-19-14)13(18)9-3-1-4-9/h2,5-6,9,14H,1,3-4,7-8H2. The molecule has 1 aromatic carbocycles. The molecule has 5 heteroatoms. The highest BCUT2D eigenvalue weighted by molar-refractivity contribution is 7.99. The molecule has 1 unspecified atom stereocenters. The molecule has 0 aromatic heterocycles. The minimum Gasteiger partial charge on any atom is -0.325 e. The van der Waals surface area contributed by atoms with Crippen LogP contribution in [0.25, 0.3) is 0 Å². The lowest BCUT2D eigenvalue weighted by Crippen LogP contribution is -2.38. The number of thioether (sulfide) groups is 1. The fraction of sp³-hybridized carbons (Fsp3) is 0.500. The summed E-state index contributed by atoms with van der Waals surface area (Å²) in [6, 6.07) is 5.65. The number of carbonyl (C=O) groups excluding carboxylic acids is 1. The van der Waals surface area contributed by atoms with E-state index in [0.717, 1.165) is 30.7 Å². The van der Waals surface area contributed by atoms with E-state index in [9.17, 15) is 4.79 Å². The summed E-state index contributed by atoms with van der Waals surface area (Å²) in [7, 11) is 0. The fourth-order valence-corrected chi connectivity index (χ4v) is 4.32. The number of hydrogen-bond donors (Lipinski definition) is 0. The average molecular weight is 316 g/mol. The molecule has 2 nitrogen and oxygen atoms in total. The lowest BCUT2D eigenvalue weighted by atomic mass is 9.84. The predicted molar refractivity (Wildman–Crippen MR) is 80.7 cm³/mol. The SMILES string of the molecule is O=C(C1CCC1)N1CCSC1c1cccc(Cl)c1Cl. The molecule has 3 rings (SSSR count). The third kappa shape index (κ3) is 2.48. The first-order valence-corrected chi connectivity index (χ1v) is 8.35. The Morgan fingerprint density at radius 2 is 2.11 bits per heavy atom. The second-order valence-electron chi connectivity index (χ2n) is 5.03. The Morgan fingerprint density at radius 3 is 2.79 bits per heavy atom. The van der Waals surface area contributed by atoms with Gasteiger partial charge in [0, 0.05) is 23.8 Å². The van der Waals surface area contributed by atoms with Crippen LogP contribution in [0.2, 0.25) is 10.0 Å². The first-order valence-electron chi connectivity index (χ1n) is 6.54. The van der Waals surface area contributed by atoms with Crippen molar-refractivity contribution in [1.29, 1.82) is 0 Å². The van der Waals surface area contributed by atoms with Gasteiger partial charge in [-0.3, -0.25) is 4.79 Å². The molecular weight excluding hydrogens is 301 g/mol. The Balaban J connectivity index is 1.86. The molecule has 0 N–H and O–H groups in total. The van der Waals surface area contributed by atoms with Crippen LogP contribution in [-0.4, -0.2) is 23.1 Å². The van der Waals surface area contributed by atoms with Crippen molar-refractivity contribution in [3.63, 3.8) is 0 Å². The van der Waals surface area contributed by atoms with E-state index in [1.165, 1.54) is 6.42 Å². The van der Waals surface area contributed by atoms with E-state index in [4.69, 9.17) is 23.2 Å². The molecular formula is C14H15Cl2NOS. The van der Waals surface area contributed by atoms with Gasteiger partial charge < -0.3 is 4.90 Å². The van der Waals surface area contributed by atoms with Gasteiger partial charge in [0.1, 0.15) is 5.37 Å². The van der Waals surface area contributed by atoms with Crippen molar-refractivity contribution in [2.75, 3.05) is 12.3 Å². The maximum absolute atomic E-state index is 12.4. The topological polar surface area (TPSA) is 20.3 Å². The van der Waals surface area contributed by atoms with E-state index < -0.39 is 0 Å². The van der Waals surface area contributed by atoms with Gasteiger partial charge >= 0.3 is 0 Å². The predicted octanol–water partition coefficient (Wildman–Crippen LogP) is 4.37. The van der Waals surface area contributed by atoms with Crippen molar-refractivity contribution < 1.29 is 4.79 Å². The van der Waals surface area contributed by atoms with Crippen LogP contribution in [0.5, 0.6) is 0 Å². The summed E-state index contributed by atoms with van der Waals surface area (Å²) in [4.78, 5) is 14.4. The Bertz CT molecular complexity index is 504. The van der Waals surface area contributed by atoms with Crippen LogP contribution in [-0.2, 0) is 4.79 Å². The molecule has 1 saturated carbocycles. The van der Waals surface area contributed by atoms with Crippen molar-refractivity contribution >= 4 is 40.9 Å². The molecule has 102 valence electrons. The quantitative estimate of drug-likeness (QED) is 0.807. The van der Waals surface area contributed by atoms with Crippen LogP contribution in [0.4, 0.5) is 0 Å². The number of carbonyl (C=O) groups is 1. The van der Waals surface area contributed by atoms with Gasteiger partial charge in [0.05, 0.1) is 10.0 Å². The lowest BCUT2D eigenvalue weighted by molar-refractivity contribution is -0.138. The van der Waals surface area contributed by atoms with Gasteiger partial charge in [-0.25, -0.2) is 0 Å². The highest BCUT2D eigenvalue weighted by atomic mass is 35.5. The van der Waals surface area contributed by atoms with Gasteiger partial charge in [-0.1, -0.05) is 41.8 Å².